The van der Waals surface area contributed by atoms with E-state index in [1.165, 1.54) is 0 Å². The van der Waals surface area contributed by atoms with Crippen molar-refractivity contribution in [2.75, 3.05) is 23.7 Å². The molecule has 1 aromatic rings. The first kappa shape index (κ1) is 13.7. The molecular formula is C13H18N6O2. The average Bonchev–Trinajstić information content (AvgIpc) is 3.30. The minimum absolute atomic E-state index is 0.0587. The molecule has 0 spiro atoms. The summed E-state index contributed by atoms with van der Waals surface area (Å²) in [5.74, 6) is 0. The lowest BCUT2D eigenvalue weighted by atomic mass is 10.2. The quantitative estimate of drug-likeness (QED) is 0.440. The lowest BCUT2D eigenvalue weighted by molar-refractivity contribution is 0.251. The van der Waals surface area contributed by atoms with Crippen molar-refractivity contribution in [3.05, 3.63) is 23.8 Å². The first-order chi connectivity index (χ1) is 10.1. The molecule has 8 heteroatoms. The summed E-state index contributed by atoms with van der Waals surface area (Å²) in [5.41, 5.74) is 2.21. The van der Waals surface area contributed by atoms with Gasteiger partial charge in [-0.15, -0.1) is 0 Å². The summed E-state index contributed by atoms with van der Waals surface area (Å²) in [7, 11) is 0. The highest BCUT2D eigenvalue weighted by Gasteiger charge is 2.23. The Kier molecular flexibility index (Phi) is 3.63. The van der Waals surface area contributed by atoms with E-state index in [0.717, 1.165) is 18.7 Å². The van der Waals surface area contributed by atoms with Crippen molar-refractivity contribution in [3.8, 4) is 0 Å². The third-order valence-corrected chi connectivity index (χ3v) is 3.17. The van der Waals surface area contributed by atoms with Crippen LogP contribution >= 0.6 is 0 Å². The highest BCUT2D eigenvalue weighted by atomic mass is 16.2. The Morgan fingerprint density at radius 2 is 1.62 bits per heavy atom. The SMILES string of the molecule is Cc1ccc(NC(=O)NC2CN2)cc1NC(=O)NC1CN1. The Morgan fingerprint density at radius 1 is 1.05 bits per heavy atom. The van der Waals surface area contributed by atoms with Crippen LogP contribution in [-0.2, 0) is 0 Å². The summed E-state index contributed by atoms with van der Waals surface area (Å²) in [4.78, 5) is 23.4. The Balaban J connectivity index is 1.60. The predicted octanol–water partition coefficient (Wildman–Crippen LogP) is 0.0966. The molecule has 0 bridgehead atoms. The number of hydrogen-bond acceptors (Lipinski definition) is 4. The van der Waals surface area contributed by atoms with Gasteiger partial charge in [0.1, 0.15) is 0 Å². The number of urea groups is 2. The van der Waals surface area contributed by atoms with Gasteiger partial charge in [0.15, 0.2) is 0 Å². The van der Waals surface area contributed by atoms with Gasteiger partial charge in [-0.05, 0) is 24.6 Å². The van der Waals surface area contributed by atoms with Gasteiger partial charge in [0.2, 0.25) is 0 Å². The molecule has 21 heavy (non-hydrogen) atoms. The molecule has 2 aliphatic heterocycles. The van der Waals surface area contributed by atoms with E-state index >= 15 is 0 Å². The summed E-state index contributed by atoms with van der Waals surface area (Å²) < 4.78 is 0. The summed E-state index contributed by atoms with van der Waals surface area (Å²) >= 11 is 0. The molecule has 8 nitrogen and oxygen atoms in total. The van der Waals surface area contributed by atoms with Crippen LogP contribution in [0.1, 0.15) is 5.56 Å². The Labute approximate surface area is 122 Å². The Morgan fingerprint density at radius 3 is 2.19 bits per heavy atom. The first-order valence-electron chi connectivity index (χ1n) is 6.82. The van der Waals surface area contributed by atoms with Crippen molar-refractivity contribution in [2.24, 2.45) is 0 Å². The fraction of sp³-hybridized carbons (Fsp3) is 0.385. The van der Waals surface area contributed by atoms with Crippen molar-refractivity contribution in [3.63, 3.8) is 0 Å². The number of anilines is 2. The minimum atomic E-state index is -0.272. The molecule has 2 atom stereocenters. The highest BCUT2D eigenvalue weighted by Crippen LogP contribution is 2.20. The Bertz CT molecular complexity index is 568. The van der Waals surface area contributed by atoms with Crippen molar-refractivity contribution >= 4 is 23.4 Å². The second kappa shape index (κ2) is 5.58. The molecule has 0 radical (unpaired) electrons. The smallest absolute Gasteiger partial charge is 0.320 e. The van der Waals surface area contributed by atoms with E-state index in [9.17, 15) is 9.59 Å². The number of rotatable bonds is 4. The largest absolute Gasteiger partial charge is 0.321 e. The van der Waals surface area contributed by atoms with Gasteiger partial charge < -0.3 is 21.3 Å². The van der Waals surface area contributed by atoms with Crippen LogP contribution < -0.4 is 31.9 Å². The number of carbonyl (C=O) groups excluding carboxylic acids is 2. The van der Waals surface area contributed by atoms with Gasteiger partial charge in [0, 0.05) is 24.5 Å². The van der Waals surface area contributed by atoms with E-state index < -0.39 is 0 Å². The summed E-state index contributed by atoms with van der Waals surface area (Å²) in [5, 5.41) is 17.0. The van der Waals surface area contributed by atoms with E-state index in [1.54, 1.807) is 12.1 Å². The lowest BCUT2D eigenvalue weighted by Crippen LogP contribution is -2.33. The molecule has 2 saturated heterocycles. The van der Waals surface area contributed by atoms with Crippen LogP contribution in [0.5, 0.6) is 0 Å². The van der Waals surface area contributed by atoms with E-state index in [1.807, 2.05) is 13.0 Å². The zero-order chi connectivity index (χ0) is 14.8. The van der Waals surface area contributed by atoms with Crippen LogP contribution in [0.4, 0.5) is 21.0 Å². The molecular weight excluding hydrogens is 272 g/mol. The number of aryl methyl sites for hydroxylation is 1. The molecule has 0 aliphatic carbocycles. The standard InChI is InChI=1S/C13H18N6O2/c1-7-2-3-8(16-12(20)18-10-5-14-10)4-9(7)17-13(21)19-11-6-15-11/h2-4,10-11,14-15H,5-6H2,1H3,(H2,16,18,20)(H2,17,19,21). The van der Waals surface area contributed by atoms with Crippen molar-refractivity contribution in [1.29, 1.82) is 0 Å². The van der Waals surface area contributed by atoms with E-state index in [2.05, 4.69) is 31.9 Å². The monoisotopic (exact) mass is 290 g/mol. The number of benzene rings is 1. The fourth-order valence-electron chi connectivity index (χ4n) is 1.80. The van der Waals surface area contributed by atoms with Crippen LogP contribution in [0.3, 0.4) is 0 Å². The number of amides is 4. The summed E-state index contributed by atoms with van der Waals surface area (Å²) in [6, 6.07) is 4.83. The molecule has 2 aliphatic rings. The zero-order valence-corrected chi connectivity index (χ0v) is 11.6. The van der Waals surface area contributed by atoms with Gasteiger partial charge in [-0.1, -0.05) is 6.07 Å². The Hall–Kier alpha value is -2.32. The van der Waals surface area contributed by atoms with E-state index in [-0.39, 0.29) is 24.4 Å². The third-order valence-electron chi connectivity index (χ3n) is 3.17. The maximum atomic E-state index is 11.7. The maximum absolute atomic E-state index is 11.7. The van der Waals surface area contributed by atoms with Crippen LogP contribution in [0.15, 0.2) is 18.2 Å². The molecule has 2 heterocycles. The van der Waals surface area contributed by atoms with Crippen molar-refractivity contribution in [2.45, 2.75) is 19.3 Å². The van der Waals surface area contributed by atoms with Gasteiger partial charge in [0.25, 0.3) is 0 Å². The summed E-state index contributed by atoms with van der Waals surface area (Å²) in [6.07, 6.45) is 0.119. The fourth-order valence-corrected chi connectivity index (χ4v) is 1.80. The van der Waals surface area contributed by atoms with E-state index in [4.69, 9.17) is 0 Å². The average molecular weight is 290 g/mol. The molecule has 0 aromatic heterocycles. The minimum Gasteiger partial charge on any atom is -0.321 e. The molecule has 1 aromatic carbocycles. The molecule has 3 rings (SSSR count). The van der Waals surface area contributed by atoms with Gasteiger partial charge in [-0.2, -0.15) is 0 Å². The number of nitrogens with one attached hydrogen (secondary N) is 6. The predicted molar refractivity (Wildman–Crippen MR) is 79.1 cm³/mol. The topological polar surface area (TPSA) is 126 Å². The van der Waals surface area contributed by atoms with Crippen LogP contribution in [-0.4, -0.2) is 37.5 Å². The van der Waals surface area contributed by atoms with Crippen LogP contribution in [0.25, 0.3) is 0 Å². The van der Waals surface area contributed by atoms with Crippen molar-refractivity contribution < 1.29 is 9.59 Å². The lowest BCUT2D eigenvalue weighted by Gasteiger charge is -2.12. The molecule has 2 unspecified atom stereocenters. The first-order valence-corrected chi connectivity index (χ1v) is 6.82. The molecule has 4 amide bonds. The van der Waals surface area contributed by atoms with Crippen LogP contribution in [0, 0.1) is 6.92 Å². The van der Waals surface area contributed by atoms with Crippen LogP contribution in [0.2, 0.25) is 0 Å². The van der Waals surface area contributed by atoms with E-state index in [0.29, 0.717) is 11.4 Å². The molecule has 0 saturated carbocycles. The third kappa shape index (κ3) is 4.07. The molecule has 2 fully saturated rings. The van der Waals surface area contributed by atoms with Gasteiger partial charge in [-0.3, -0.25) is 10.6 Å². The van der Waals surface area contributed by atoms with Gasteiger partial charge >= 0.3 is 12.1 Å². The molecule has 6 N–H and O–H groups in total. The second-order valence-corrected chi connectivity index (χ2v) is 5.15. The maximum Gasteiger partial charge on any atom is 0.320 e. The number of carbonyl (C=O) groups is 2. The normalized spacial score (nSPS) is 22.1. The summed E-state index contributed by atoms with van der Waals surface area (Å²) in [6.45, 7) is 3.48. The number of hydrogen-bond donors (Lipinski definition) is 6. The van der Waals surface area contributed by atoms with Gasteiger partial charge in [-0.25, -0.2) is 9.59 Å². The van der Waals surface area contributed by atoms with Crippen molar-refractivity contribution in [1.82, 2.24) is 21.3 Å². The zero-order valence-electron chi connectivity index (χ0n) is 11.6. The van der Waals surface area contributed by atoms with Gasteiger partial charge in [0.05, 0.1) is 12.3 Å². The second-order valence-electron chi connectivity index (χ2n) is 5.15. The highest BCUT2D eigenvalue weighted by molar-refractivity contribution is 5.93. The molecule has 112 valence electrons.